The standard InChI is InChI=1S/C13H8N4O3S/c18-17(19)10-4-1-3-9(7-10)12-15-16-13(21-12)14-8-11-5-2-6-20-11/h1-8H/b14-8-. The summed E-state index contributed by atoms with van der Waals surface area (Å²) in [5, 5.41) is 19.7. The number of nitro benzene ring substituents is 1. The third kappa shape index (κ3) is 3.00. The zero-order valence-electron chi connectivity index (χ0n) is 10.5. The van der Waals surface area contributed by atoms with Crippen LogP contribution in [0.1, 0.15) is 5.76 Å². The van der Waals surface area contributed by atoms with E-state index >= 15 is 0 Å². The average molecular weight is 300 g/mol. The van der Waals surface area contributed by atoms with E-state index in [-0.39, 0.29) is 5.69 Å². The molecular formula is C13H8N4O3S. The average Bonchev–Trinajstić information content (AvgIpc) is 3.17. The highest BCUT2D eigenvalue weighted by Gasteiger charge is 2.10. The quantitative estimate of drug-likeness (QED) is 0.418. The molecule has 3 rings (SSSR count). The summed E-state index contributed by atoms with van der Waals surface area (Å²) in [7, 11) is 0. The number of hydrogen-bond acceptors (Lipinski definition) is 7. The second-order valence-corrected chi connectivity index (χ2v) is 4.93. The molecule has 0 aliphatic rings. The Morgan fingerprint density at radius 2 is 2.19 bits per heavy atom. The van der Waals surface area contributed by atoms with Gasteiger partial charge >= 0.3 is 0 Å². The maximum absolute atomic E-state index is 10.8. The molecule has 21 heavy (non-hydrogen) atoms. The number of nitrogens with zero attached hydrogens (tertiary/aromatic N) is 4. The van der Waals surface area contributed by atoms with Crippen molar-refractivity contribution in [2.45, 2.75) is 0 Å². The number of rotatable bonds is 4. The summed E-state index contributed by atoms with van der Waals surface area (Å²) in [4.78, 5) is 14.5. The summed E-state index contributed by atoms with van der Waals surface area (Å²) in [6, 6.07) is 9.78. The molecule has 104 valence electrons. The normalized spacial score (nSPS) is 11.0. The fourth-order valence-electron chi connectivity index (χ4n) is 1.62. The van der Waals surface area contributed by atoms with Gasteiger partial charge < -0.3 is 4.42 Å². The third-order valence-electron chi connectivity index (χ3n) is 2.56. The van der Waals surface area contributed by atoms with Gasteiger partial charge in [0.15, 0.2) is 0 Å². The molecule has 0 spiro atoms. The Labute approximate surface area is 122 Å². The molecule has 0 N–H and O–H groups in total. The first kappa shape index (κ1) is 13.1. The fraction of sp³-hybridized carbons (Fsp3) is 0. The van der Waals surface area contributed by atoms with Gasteiger partial charge in [0.2, 0.25) is 5.13 Å². The number of non-ortho nitro benzene ring substituents is 1. The fourth-order valence-corrected chi connectivity index (χ4v) is 2.31. The Balaban J connectivity index is 1.84. The van der Waals surface area contributed by atoms with Gasteiger partial charge in [0.1, 0.15) is 10.8 Å². The van der Waals surface area contributed by atoms with Crippen LogP contribution in [0, 0.1) is 10.1 Å². The van der Waals surface area contributed by atoms with Crippen molar-refractivity contribution in [3.63, 3.8) is 0 Å². The first-order chi connectivity index (χ1) is 10.2. The van der Waals surface area contributed by atoms with Crippen LogP contribution in [-0.2, 0) is 0 Å². The lowest BCUT2D eigenvalue weighted by Gasteiger charge is -1.94. The number of benzene rings is 1. The molecule has 0 saturated carbocycles. The molecule has 3 aromatic rings. The molecule has 0 unspecified atom stereocenters. The Hall–Kier alpha value is -2.87. The van der Waals surface area contributed by atoms with E-state index in [4.69, 9.17) is 4.42 Å². The van der Waals surface area contributed by atoms with Crippen molar-refractivity contribution in [1.29, 1.82) is 0 Å². The third-order valence-corrected chi connectivity index (χ3v) is 3.44. The summed E-state index contributed by atoms with van der Waals surface area (Å²) < 4.78 is 5.12. The molecule has 0 radical (unpaired) electrons. The minimum Gasteiger partial charge on any atom is -0.463 e. The SMILES string of the molecule is O=[N+]([O-])c1cccc(-c2nnc(/N=C\c3ccco3)s2)c1. The van der Waals surface area contributed by atoms with Crippen LogP contribution in [0.15, 0.2) is 52.1 Å². The van der Waals surface area contributed by atoms with E-state index in [2.05, 4.69) is 15.2 Å². The molecule has 0 aliphatic carbocycles. The van der Waals surface area contributed by atoms with Crippen molar-refractivity contribution < 1.29 is 9.34 Å². The van der Waals surface area contributed by atoms with Gasteiger partial charge in [0, 0.05) is 17.7 Å². The van der Waals surface area contributed by atoms with Crippen molar-refractivity contribution in [2.24, 2.45) is 4.99 Å². The van der Waals surface area contributed by atoms with Gasteiger partial charge in [0.05, 0.1) is 17.4 Å². The first-order valence-electron chi connectivity index (χ1n) is 5.88. The predicted molar refractivity (Wildman–Crippen MR) is 78.0 cm³/mol. The Morgan fingerprint density at radius 3 is 2.95 bits per heavy atom. The summed E-state index contributed by atoms with van der Waals surface area (Å²) in [5.41, 5.74) is 0.657. The van der Waals surface area contributed by atoms with Crippen molar-refractivity contribution in [1.82, 2.24) is 10.2 Å². The number of aliphatic imine (C=N–C) groups is 1. The van der Waals surface area contributed by atoms with Crippen molar-refractivity contribution in [2.75, 3.05) is 0 Å². The lowest BCUT2D eigenvalue weighted by Crippen LogP contribution is -1.87. The van der Waals surface area contributed by atoms with E-state index in [0.717, 1.165) is 0 Å². The summed E-state index contributed by atoms with van der Waals surface area (Å²) in [6.07, 6.45) is 3.09. The lowest BCUT2D eigenvalue weighted by atomic mass is 10.2. The smallest absolute Gasteiger partial charge is 0.270 e. The topological polar surface area (TPSA) is 94.4 Å². The molecule has 1 aromatic carbocycles. The van der Waals surface area contributed by atoms with Crippen LogP contribution in [0.3, 0.4) is 0 Å². The maximum Gasteiger partial charge on any atom is 0.270 e. The largest absolute Gasteiger partial charge is 0.463 e. The zero-order valence-corrected chi connectivity index (χ0v) is 11.4. The van der Waals surface area contributed by atoms with Crippen LogP contribution in [-0.4, -0.2) is 21.3 Å². The number of nitro groups is 1. The lowest BCUT2D eigenvalue weighted by molar-refractivity contribution is -0.384. The molecule has 0 fully saturated rings. The van der Waals surface area contributed by atoms with Gasteiger partial charge in [-0.1, -0.05) is 23.5 Å². The highest BCUT2D eigenvalue weighted by Crippen LogP contribution is 2.29. The molecule has 2 heterocycles. The molecule has 0 saturated heterocycles. The summed E-state index contributed by atoms with van der Waals surface area (Å²) >= 11 is 1.24. The van der Waals surface area contributed by atoms with E-state index in [9.17, 15) is 10.1 Å². The molecule has 0 bridgehead atoms. The molecule has 8 heteroatoms. The van der Waals surface area contributed by atoms with Crippen LogP contribution in [0.2, 0.25) is 0 Å². The summed E-state index contributed by atoms with van der Waals surface area (Å²) in [5.74, 6) is 0.613. The molecule has 7 nitrogen and oxygen atoms in total. The Bertz CT molecular complexity index is 795. The number of furan rings is 1. The highest BCUT2D eigenvalue weighted by atomic mass is 32.1. The van der Waals surface area contributed by atoms with Gasteiger partial charge in [0.25, 0.3) is 5.69 Å². The Morgan fingerprint density at radius 1 is 1.29 bits per heavy atom. The number of hydrogen-bond donors (Lipinski definition) is 0. The van der Waals surface area contributed by atoms with Crippen molar-refractivity contribution >= 4 is 28.4 Å². The van der Waals surface area contributed by atoms with Crippen LogP contribution in [0.25, 0.3) is 10.6 Å². The second kappa shape index (κ2) is 5.63. The van der Waals surface area contributed by atoms with Crippen molar-refractivity contribution in [3.8, 4) is 10.6 Å². The van der Waals surface area contributed by atoms with Gasteiger partial charge in [-0.25, -0.2) is 4.99 Å². The second-order valence-electron chi connectivity index (χ2n) is 3.97. The molecule has 0 amide bonds. The van der Waals surface area contributed by atoms with Crippen LogP contribution < -0.4 is 0 Å². The van der Waals surface area contributed by atoms with E-state index in [1.165, 1.54) is 29.7 Å². The highest BCUT2D eigenvalue weighted by molar-refractivity contribution is 7.18. The first-order valence-corrected chi connectivity index (χ1v) is 6.70. The van der Waals surface area contributed by atoms with Gasteiger partial charge in [-0.15, -0.1) is 10.2 Å². The van der Waals surface area contributed by atoms with E-state index < -0.39 is 4.92 Å². The van der Waals surface area contributed by atoms with Crippen LogP contribution in [0.4, 0.5) is 10.8 Å². The van der Waals surface area contributed by atoms with E-state index in [1.54, 1.807) is 30.5 Å². The zero-order chi connectivity index (χ0) is 14.7. The molecular weight excluding hydrogens is 292 g/mol. The van der Waals surface area contributed by atoms with Crippen LogP contribution in [0.5, 0.6) is 0 Å². The molecule has 0 aliphatic heterocycles. The molecule has 2 aromatic heterocycles. The Kier molecular flexibility index (Phi) is 3.52. The number of aromatic nitrogens is 2. The maximum atomic E-state index is 10.8. The van der Waals surface area contributed by atoms with Gasteiger partial charge in [-0.2, -0.15) is 0 Å². The minimum absolute atomic E-state index is 0.0170. The predicted octanol–water partition coefficient (Wildman–Crippen LogP) is 3.46. The van der Waals surface area contributed by atoms with E-state index in [0.29, 0.717) is 21.5 Å². The van der Waals surface area contributed by atoms with E-state index in [1.807, 2.05) is 0 Å². The van der Waals surface area contributed by atoms with Crippen LogP contribution >= 0.6 is 11.3 Å². The summed E-state index contributed by atoms with van der Waals surface area (Å²) in [6.45, 7) is 0. The molecule has 0 atom stereocenters. The monoisotopic (exact) mass is 300 g/mol. The van der Waals surface area contributed by atoms with Gasteiger partial charge in [-0.3, -0.25) is 10.1 Å². The van der Waals surface area contributed by atoms with Gasteiger partial charge in [-0.05, 0) is 12.1 Å². The minimum atomic E-state index is -0.444. The van der Waals surface area contributed by atoms with Crippen molar-refractivity contribution in [3.05, 3.63) is 58.5 Å².